The quantitative estimate of drug-likeness (QED) is 0.789. The Kier molecular flexibility index (Phi) is 3.39. The fourth-order valence-electron chi connectivity index (χ4n) is 1.81. The van der Waals surface area contributed by atoms with E-state index in [0.717, 1.165) is 0 Å². The minimum absolute atomic E-state index is 0.164. The van der Waals surface area contributed by atoms with Crippen LogP contribution in [-0.4, -0.2) is 35.9 Å². The van der Waals surface area contributed by atoms with Crippen molar-refractivity contribution in [2.45, 2.75) is 18.1 Å². The molecule has 2 heterocycles. The Morgan fingerprint density at radius 1 is 1.53 bits per heavy atom. The zero-order valence-electron chi connectivity index (χ0n) is 9.06. The van der Waals surface area contributed by atoms with Gasteiger partial charge in [-0.05, 0) is 12.8 Å². The van der Waals surface area contributed by atoms with Crippen LogP contribution < -0.4 is 11.1 Å². The summed E-state index contributed by atoms with van der Waals surface area (Å²) in [5.41, 5.74) is 5.91. The van der Waals surface area contributed by atoms with Crippen LogP contribution >= 0.6 is 11.6 Å². The van der Waals surface area contributed by atoms with Crippen LogP contribution in [0.4, 0.5) is 11.5 Å². The summed E-state index contributed by atoms with van der Waals surface area (Å²) < 4.78 is 23.2. The standard InChI is InChI=1S/C9H13ClN4O2S/c10-8-7(11)9(14-5-13-8)12-4-6-2-1-3-17(6,15)16/h5-6H,1-4,11H2,(H,12,13,14). The molecule has 0 saturated carbocycles. The number of aromatic nitrogens is 2. The maximum Gasteiger partial charge on any atom is 0.157 e. The number of nitrogens with two attached hydrogens (primary N) is 1. The summed E-state index contributed by atoms with van der Waals surface area (Å²) in [6.45, 7) is 0.305. The minimum Gasteiger partial charge on any atom is -0.393 e. The van der Waals surface area contributed by atoms with Gasteiger partial charge in [0.25, 0.3) is 0 Å². The van der Waals surface area contributed by atoms with Crippen molar-refractivity contribution in [1.29, 1.82) is 0 Å². The summed E-state index contributed by atoms with van der Waals surface area (Å²) in [6, 6.07) is 0. The van der Waals surface area contributed by atoms with E-state index in [-0.39, 0.29) is 21.8 Å². The summed E-state index contributed by atoms with van der Waals surface area (Å²) in [5, 5.41) is 2.71. The van der Waals surface area contributed by atoms with Crippen molar-refractivity contribution >= 4 is 32.9 Å². The predicted octanol–water partition coefficient (Wildman–Crippen LogP) is 0.701. The second-order valence-electron chi connectivity index (χ2n) is 3.94. The topological polar surface area (TPSA) is 98.0 Å². The van der Waals surface area contributed by atoms with E-state index in [9.17, 15) is 8.42 Å². The lowest BCUT2D eigenvalue weighted by Crippen LogP contribution is -2.25. The number of rotatable bonds is 3. The van der Waals surface area contributed by atoms with Gasteiger partial charge in [0.2, 0.25) is 0 Å². The molecule has 1 aromatic rings. The molecule has 1 atom stereocenters. The van der Waals surface area contributed by atoms with Crippen LogP contribution in [0.15, 0.2) is 6.33 Å². The van der Waals surface area contributed by atoms with Gasteiger partial charge in [-0.25, -0.2) is 18.4 Å². The molecule has 2 rings (SSSR count). The lowest BCUT2D eigenvalue weighted by atomic mass is 10.2. The van der Waals surface area contributed by atoms with Crippen molar-refractivity contribution in [2.24, 2.45) is 0 Å². The summed E-state index contributed by atoms with van der Waals surface area (Å²) in [7, 11) is -2.96. The maximum absolute atomic E-state index is 11.6. The number of nitrogen functional groups attached to an aromatic ring is 1. The summed E-state index contributed by atoms with van der Waals surface area (Å²) in [5.74, 6) is 0.645. The van der Waals surface area contributed by atoms with Crippen LogP contribution in [0, 0.1) is 0 Å². The molecule has 0 amide bonds. The molecule has 3 N–H and O–H groups in total. The number of halogens is 1. The molecule has 1 aliphatic heterocycles. The molecule has 1 fully saturated rings. The van der Waals surface area contributed by atoms with Crippen LogP contribution in [0.3, 0.4) is 0 Å². The second-order valence-corrected chi connectivity index (χ2v) is 6.70. The van der Waals surface area contributed by atoms with Gasteiger partial charge < -0.3 is 11.1 Å². The lowest BCUT2D eigenvalue weighted by Gasteiger charge is -2.12. The van der Waals surface area contributed by atoms with Crippen molar-refractivity contribution in [2.75, 3.05) is 23.3 Å². The predicted molar refractivity (Wildman–Crippen MR) is 66.8 cm³/mol. The van der Waals surface area contributed by atoms with Crippen LogP contribution in [0.5, 0.6) is 0 Å². The molecule has 0 bridgehead atoms. The molecule has 8 heteroatoms. The second kappa shape index (κ2) is 4.66. The number of sulfone groups is 1. The number of hydrogen-bond acceptors (Lipinski definition) is 6. The molecular formula is C9H13ClN4O2S. The van der Waals surface area contributed by atoms with E-state index in [2.05, 4.69) is 15.3 Å². The number of anilines is 2. The first-order valence-corrected chi connectivity index (χ1v) is 7.31. The van der Waals surface area contributed by atoms with Crippen LogP contribution in [0.1, 0.15) is 12.8 Å². The van der Waals surface area contributed by atoms with Crippen LogP contribution in [-0.2, 0) is 9.84 Å². The maximum atomic E-state index is 11.6. The number of nitrogens with one attached hydrogen (secondary N) is 1. The fraction of sp³-hybridized carbons (Fsp3) is 0.556. The van der Waals surface area contributed by atoms with E-state index in [4.69, 9.17) is 17.3 Å². The average Bonchev–Trinajstić information content (AvgIpc) is 2.60. The summed E-state index contributed by atoms with van der Waals surface area (Å²) in [4.78, 5) is 7.64. The lowest BCUT2D eigenvalue weighted by molar-refractivity contribution is 0.591. The Morgan fingerprint density at radius 2 is 2.29 bits per heavy atom. The molecule has 0 spiro atoms. The Labute approximate surface area is 105 Å². The van der Waals surface area contributed by atoms with Gasteiger partial charge in [0.1, 0.15) is 12.0 Å². The highest BCUT2D eigenvalue weighted by molar-refractivity contribution is 7.92. The van der Waals surface area contributed by atoms with Gasteiger partial charge in [0, 0.05) is 6.54 Å². The van der Waals surface area contributed by atoms with Gasteiger partial charge in [-0.1, -0.05) is 11.6 Å². The highest BCUT2D eigenvalue weighted by Gasteiger charge is 2.31. The van der Waals surface area contributed by atoms with Crippen molar-refractivity contribution < 1.29 is 8.42 Å². The van der Waals surface area contributed by atoms with Crippen LogP contribution in [0.2, 0.25) is 5.15 Å². The van der Waals surface area contributed by atoms with Gasteiger partial charge in [0.15, 0.2) is 20.8 Å². The van der Waals surface area contributed by atoms with Gasteiger partial charge in [-0.15, -0.1) is 0 Å². The molecule has 94 valence electrons. The van der Waals surface area contributed by atoms with E-state index in [0.29, 0.717) is 25.2 Å². The van der Waals surface area contributed by atoms with Gasteiger partial charge in [-0.3, -0.25) is 0 Å². The number of hydrogen-bond donors (Lipinski definition) is 2. The van der Waals surface area contributed by atoms with E-state index >= 15 is 0 Å². The highest BCUT2D eigenvalue weighted by atomic mass is 35.5. The van der Waals surface area contributed by atoms with Crippen molar-refractivity contribution in [1.82, 2.24) is 9.97 Å². The van der Waals surface area contributed by atoms with Crippen molar-refractivity contribution in [3.8, 4) is 0 Å². The van der Waals surface area contributed by atoms with Gasteiger partial charge >= 0.3 is 0 Å². The molecule has 0 aliphatic carbocycles. The average molecular weight is 277 g/mol. The molecular weight excluding hydrogens is 264 g/mol. The van der Waals surface area contributed by atoms with E-state index in [1.54, 1.807) is 0 Å². The first kappa shape index (κ1) is 12.4. The zero-order valence-corrected chi connectivity index (χ0v) is 10.6. The third-order valence-corrected chi connectivity index (χ3v) is 5.37. The molecule has 1 saturated heterocycles. The van der Waals surface area contributed by atoms with Crippen molar-refractivity contribution in [3.63, 3.8) is 0 Å². The smallest absolute Gasteiger partial charge is 0.157 e. The zero-order chi connectivity index (χ0) is 12.5. The third-order valence-electron chi connectivity index (χ3n) is 2.80. The molecule has 1 aliphatic rings. The summed E-state index contributed by atoms with van der Waals surface area (Å²) >= 11 is 5.73. The molecule has 1 unspecified atom stereocenters. The molecule has 0 radical (unpaired) electrons. The first-order valence-electron chi connectivity index (χ1n) is 5.22. The van der Waals surface area contributed by atoms with Crippen molar-refractivity contribution in [3.05, 3.63) is 11.5 Å². The Balaban J connectivity index is 2.06. The van der Waals surface area contributed by atoms with E-state index in [1.165, 1.54) is 6.33 Å². The molecule has 0 aromatic carbocycles. The molecule has 17 heavy (non-hydrogen) atoms. The number of nitrogens with zero attached hydrogens (tertiary/aromatic N) is 2. The SMILES string of the molecule is Nc1c(Cl)ncnc1NCC1CCCS1(=O)=O. The Hall–Kier alpha value is -1.08. The summed E-state index contributed by atoms with van der Waals surface area (Å²) in [6.07, 6.45) is 2.67. The minimum atomic E-state index is -2.96. The van der Waals surface area contributed by atoms with E-state index in [1.807, 2.05) is 0 Å². The largest absolute Gasteiger partial charge is 0.393 e. The van der Waals surface area contributed by atoms with Crippen LogP contribution in [0.25, 0.3) is 0 Å². The van der Waals surface area contributed by atoms with E-state index < -0.39 is 9.84 Å². The fourth-order valence-corrected chi connectivity index (χ4v) is 3.71. The van der Waals surface area contributed by atoms with Gasteiger partial charge in [0.05, 0.1) is 11.0 Å². The first-order chi connectivity index (χ1) is 8.00. The highest BCUT2D eigenvalue weighted by Crippen LogP contribution is 2.24. The normalized spacial score (nSPS) is 22.5. The molecule has 6 nitrogen and oxygen atoms in total. The monoisotopic (exact) mass is 276 g/mol. The third kappa shape index (κ3) is 2.61. The molecule has 1 aromatic heterocycles. The Morgan fingerprint density at radius 3 is 2.94 bits per heavy atom. The Bertz CT molecular complexity index is 520. The van der Waals surface area contributed by atoms with Gasteiger partial charge in [-0.2, -0.15) is 0 Å².